The van der Waals surface area contributed by atoms with Crippen molar-refractivity contribution < 1.29 is 4.79 Å². The Hall–Kier alpha value is -0.910. The number of hydrazone groups is 1. The monoisotopic (exact) mass is 288 g/mol. The number of rotatable bonds is 2. The fourth-order valence-corrected chi connectivity index (χ4v) is 1.30. The average molecular weight is 288 g/mol. The lowest BCUT2D eigenvalue weighted by Crippen LogP contribution is -2.12. The van der Waals surface area contributed by atoms with E-state index >= 15 is 0 Å². The largest absolute Gasteiger partial charge is 0.274 e. The van der Waals surface area contributed by atoms with Gasteiger partial charge in [-0.05, 0) is 28.7 Å². The van der Waals surface area contributed by atoms with E-state index in [1.807, 2.05) is 24.3 Å². The summed E-state index contributed by atoms with van der Waals surface area (Å²) in [4.78, 5) is 10.5. The van der Waals surface area contributed by atoms with Gasteiger partial charge >= 0.3 is 0 Å². The molecule has 0 aliphatic heterocycles. The molecule has 0 unspecified atom stereocenters. The van der Waals surface area contributed by atoms with Gasteiger partial charge in [-0.15, -0.1) is 0 Å². The zero-order valence-corrected chi connectivity index (χ0v) is 9.28. The minimum absolute atomic E-state index is 0.165. The topological polar surface area (TPSA) is 41.5 Å². The van der Waals surface area contributed by atoms with Gasteiger partial charge in [0.25, 0.3) is 0 Å². The lowest BCUT2D eigenvalue weighted by Gasteiger charge is -1.96. The maximum Gasteiger partial charge on any atom is 0.236 e. The normalized spacial score (nSPS) is 10.3. The molecule has 0 spiro atoms. The first kappa shape index (κ1) is 10.2. The van der Waals surface area contributed by atoms with Gasteiger partial charge in [-0.3, -0.25) is 4.79 Å². The molecule has 0 bridgehead atoms. The van der Waals surface area contributed by atoms with Gasteiger partial charge in [-0.1, -0.05) is 18.2 Å². The predicted octanol–water partition coefficient (Wildman–Crippen LogP) is 1.76. The fourth-order valence-electron chi connectivity index (χ4n) is 0.773. The highest BCUT2D eigenvalue weighted by atomic mass is 127. The third-order valence-electron chi connectivity index (χ3n) is 1.33. The van der Waals surface area contributed by atoms with Gasteiger partial charge in [-0.25, -0.2) is 5.43 Å². The zero-order chi connectivity index (χ0) is 9.68. The van der Waals surface area contributed by atoms with Crippen LogP contribution in [0, 0.1) is 3.57 Å². The second-order valence-corrected chi connectivity index (χ2v) is 3.61. The van der Waals surface area contributed by atoms with Gasteiger partial charge in [0.15, 0.2) is 0 Å². The summed E-state index contributed by atoms with van der Waals surface area (Å²) < 4.78 is 1.11. The van der Waals surface area contributed by atoms with Crippen molar-refractivity contribution in [2.45, 2.75) is 6.92 Å². The minimum Gasteiger partial charge on any atom is -0.274 e. The standard InChI is InChI=1S/C9H9IN2O/c1-7(13)12-11-6-8-4-2-3-5-9(8)10/h2-6H,1H3,(H,12,13). The Kier molecular flexibility index (Phi) is 3.88. The van der Waals surface area contributed by atoms with E-state index in [1.165, 1.54) is 6.92 Å². The Labute approximate surface area is 90.4 Å². The van der Waals surface area contributed by atoms with Crippen molar-refractivity contribution in [3.63, 3.8) is 0 Å². The van der Waals surface area contributed by atoms with Crippen LogP contribution < -0.4 is 5.43 Å². The predicted molar refractivity (Wildman–Crippen MR) is 60.6 cm³/mol. The van der Waals surface area contributed by atoms with E-state index in [0.29, 0.717) is 0 Å². The van der Waals surface area contributed by atoms with Crippen molar-refractivity contribution in [2.24, 2.45) is 5.10 Å². The molecule has 1 N–H and O–H groups in total. The molecule has 3 nitrogen and oxygen atoms in total. The average Bonchev–Trinajstić information content (AvgIpc) is 2.08. The zero-order valence-electron chi connectivity index (χ0n) is 7.12. The van der Waals surface area contributed by atoms with Gasteiger partial charge < -0.3 is 0 Å². The first-order valence-electron chi connectivity index (χ1n) is 3.74. The molecule has 4 heteroatoms. The summed E-state index contributed by atoms with van der Waals surface area (Å²) in [5.74, 6) is -0.165. The number of benzene rings is 1. The number of amides is 1. The number of carbonyl (C=O) groups is 1. The maximum atomic E-state index is 10.5. The molecule has 1 rings (SSSR count). The van der Waals surface area contributed by atoms with Crippen LogP contribution in [0.5, 0.6) is 0 Å². The molecule has 0 radical (unpaired) electrons. The summed E-state index contributed by atoms with van der Waals surface area (Å²) in [5.41, 5.74) is 3.35. The summed E-state index contributed by atoms with van der Waals surface area (Å²) in [6.07, 6.45) is 1.63. The minimum atomic E-state index is -0.165. The number of nitrogens with one attached hydrogen (secondary N) is 1. The molecular weight excluding hydrogens is 279 g/mol. The highest BCUT2D eigenvalue weighted by Crippen LogP contribution is 2.08. The van der Waals surface area contributed by atoms with Crippen molar-refractivity contribution in [1.82, 2.24) is 5.43 Å². The van der Waals surface area contributed by atoms with Crippen molar-refractivity contribution >= 4 is 34.7 Å². The maximum absolute atomic E-state index is 10.5. The van der Waals surface area contributed by atoms with Crippen LogP contribution in [0.25, 0.3) is 0 Å². The molecule has 1 aromatic carbocycles. The van der Waals surface area contributed by atoms with Crippen LogP contribution in [-0.4, -0.2) is 12.1 Å². The van der Waals surface area contributed by atoms with Crippen molar-refractivity contribution in [1.29, 1.82) is 0 Å². The number of hydrogen-bond donors (Lipinski definition) is 1. The summed E-state index contributed by atoms with van der Waals surface area (Å²) in [5, 5.41) is 3.77. The number of nitrogens with zero attached hydrogens (tertiary/aromatic N) is 1. The molecule has 0 heterocycles. The van der Waals surface area contributed by atoms with Crippen LogP contribution in [0.1, 0.15) is 12.5 Å². The molecule has 68 valence electrons. The second kappa shape index (κ2) is 4.96. The van der Waals surface area contributed by atoms with Crippen LogP contribution in [0.3, 0.4) is 0 Å². The molecule has 1 amide bonds. The Balaban J connectivity index is 2.68. The number of halogens is 1. The van der Waals surface area contributed by atoms with Crippen molar-refractivity contribution in [3.8, 4) is 0 Å². The van der Waals surface area contributed by atoms with Crippen molar-refractivity contribution in [3.05, 3.63) is 33.4 Å². The summed E-state index contributed by atoms with van der Waals surface area (Å²) in [6.45, 7) is 1.42. The third kappa shape index (κ3) is 3.54. The molecular formula is C9H9IN2O. The molecule has 0 saturated carbocycles. The summed E-state index contributed by atoms with van der Waals surface area (Å²) in [7, 11) is 0. The van der Waals surface area contributed by atoms with E-state index in [-0.39, 0.29) is 5.91 Å². The van der Waals surface area contributed by atoms with Gasteiger partial charge in [0.2, 0.25) is 5.91 Å². The highest BCUT2D eigenvalue weighted by Gasteiger charge is 1.92. The molecule has 0 atom stereocenters. The number of carbonyl (C=O) groups excluding carboxylic acids is 1. The van der Waals surface area contributed by atoms with Gasteiger partial charge in [0, 0.05) is 16.1 Å². The van der Waals surface area contributed by atoms with Crippen LogP contribution in [0.15, 0.2) is 29.4 Å². The third-order valence-corrected chi connectivity index (χ3v) is 2.31. The Morgan fingerprint density at radius 3 is 2.85 bits per heavy atom. The van der Waals surface area contributed by atoms with Crippen LogP contribution in [-0.2, 0) is 4.79 Å². The van der Waals surface area contributed by atoms with Crippen molar-refractivity contribution in [2.75, 3.05) is 0 Å². The molecule has 1 aromatic rings. The van der Waals surface area contributed by atoms with E-state index in [1.54, 1.807) is 6.21 Å². The molecule has 0 fully saturated rings. The Bertz CT molecular complexity index is 336. The molecule has 0 aromatic heterocycles. The van der Waals surface area contributed by atoms with Crippen LogP contribution in [0.2, 0.25) is 0 Å². The summed E-state index contributed by atoms with van der Waals surface area (Å²) >= 11 is 2.21. The van der Waals surface area contributed by atoms with Gasteiger partial charge in [0.1, 0.15) is 0 Å². The molecule has 0 aliphatic rings. The van der Waals surface area contributed by atoms with Gasteiger partial charge in [0.05, 0.1) is 6.21 Å². The first-order valence-corrected chi connectivity index (χ1v) is 4.82. The lowest BCUT2D eigenvalue weighted by atomic mass is 10.2. The lowest BCUT2D eigenvalue weighted by molar-refractivity contribution is -0.118. The van der Waals surface area contributed by atoms with Crippen LogP contribution in [0.4, 0.5) is 0 Å². The van der Waals surface area contributed by atoms with E-state index in [0.717, 1.165) is 9.13 Å². The van der Waals surface area contributed by atoms with E-state index < -0.39 is 0 Å². The first-order chi connectivity index (χ1) is 6.20. The fraction of sp³-hybridized carbons (Fsp3) is 0.111. The molecule has 0 saturated heterocycles. The van der Waals surface area contributed by atoms with E-state index in [9.17, 15) is 4.79 Å². The second-order valence-electron chi connectivity index (χ2n) is 2.45. The van der Waals surface area contributed by atoms with Gasteiger partial charge in [-0.2, -0.15) is 5.10 Å². The van der Waals surface area contributed by atoms with Crippen LogP contribution >= 0.6 is 22.6 Å². The van der Waals surface area contributed by atoms with E-state index in [4.69, 9.17) is 0 Å². The highest BCUT2D eigenvalue weighted by molar-refractivity contribution is 14.1. The molecule has 13 heavy (non-hydrogen) atoms. The Morgan fingerprint density at radius 1 is 1.54 bits per heavy atom. The summed E-state index contributed by atoms with van der Waals surface area (Å²) in [6, 6.07) is 7.80. The quantitative estimate of drug-likeness (QED) is 0.503. The van der Waals surface area contributed by atoms with E-state index in [2.05, 4.69) is 33.1 Å². The smallest absolute Gasteiger partial charge is 0.236 e. The SMILES string of the molecule is CC(=O)NN=Cc1ccccc1I. The number of hydrogen-bond acceptors (Lipinski definition) is 2. The Morgan fingerprint density at radius 2 is 2.23 bits per heavy atom. The molecule has 0 aliphatic carbocycles.